The first-order valence-electron chi connectivity index (χ1n) is 10.4. The van der Waals surface area contributed by atoms with Gasteiger partial charge in [-0.15, -0.1) is 0 Å². The lowest BCUT2D eigenvalue weighted by atomic mass is 9.97. The van der Waals surface area contributed by atoms with Gasteiger partial charge in [-0.05, 0) is 59.7 Å². The summed E-state index contributed by atoms with van der Waals surface area (Å²) < 4.78 is 34.5. The zero-order valence-corrected chi connectivity index (χ0v) is 19.7. The van der Waals surface area contributed by atoms with Crippen molar-refractivity contribution in [2.24, 2.45) is 5.10 Å². The molecule has 34 heavy (non-hydrogen) atoms. The molecule has 0 amide bonds. The third kappa shape index (κ3) is 4.60. The fourth-order valence-electron chi connectivity index (χ4n) is 3.89. The fraction of sp³-hybridized carbons (Fsp3) is 0.200. The van der Waals surface area contributed by atoms with Crippen molar-refractivity contribution in [1.82, 2.24) is 0 Å². The summed E-state index contributed by atoms with van der Waals surface area (Å²) in [6.45, 7) is 0. The molecule has 0 bridgehead atoms. The molecule has 0 spiro atoms. The third-order valence-electron chi connectivity index (χ3n) is 5.70. The summed E-state index contributed by atoms with van der Waals surface area (Å²) >= 11 is 0. The number of aromatic carboxylic acids is 1. The summed E-state index contributed by atoms with van der Waals surface area (Å²) in [7, 11) is -0.153. The first-order valence-corrected chi connectivity index (χ1v) is 12.3. The van der Waals surface area contributed by atoms with Crippen LogP contribution in [0.25, 0.3) is 0 Å². The van der Waals surface area contributed by atoms with Gasteiger partial charge in [0.05, 0.1) is 42.1 Å². The van der Waals surface area contributed by atoms with E-state index in [1.54, 1.807) is 50.6 Å². The van der Waals surface area contributed by atoms with Crippen molar-refractivity contribution in [3.05, 3.63) is 83.4 Å². The Kier molecular flexibility index (Phi) is 6.30. The van der Waals surface area contributed by atoms with Crippen LogP contribution in [0.3, 0.4) is 0 Å². The smallest absolute Gasteiger partial charge is 0.335 e. The number of hydrazone groups is 1. The topological polar surface area (TPSA) is 106 Å². The Morgan fingerprint density at radius 3 is 2.18 bits per heavy atom. The van der Waals surface area contributed by atoms with E-state index in [1.165, 1.54) is 18.4 Å². The van der Waals surface area contributed by atoms with E-state index in [1.807, 2.05) is 23.2 Å². The average molecular weight is 481 g/mol. The van der Waals surface area contributed by atoms with Gasteiger partial charge in [-0.3, -0.25) is 5.01 Å². The van der Waals surface area contributed by atoms with Gasteiger partial charge in [0.2, 0.25) is 0 Å². The quantitative estimate of drug-likeness (QED) is 0.541. The summed E-state index contributed by atoms with van der Waals surface area (Å²) in [5.41, 5.74) is 3.44. The Labute approximate surface area is 198 Å². The number of nitrogens with zero attached hydrogens (tertiary/aromatic N) is 2. The van der Waals surface area contributed by atoms with E-state index in [4.69, 9.17) is 14.6 Å². The van der Waals surface area contributed by atoms with Crippen LogP contribution in [-0.2, 0) is 9.84 Å². The Bertz CT molecular complexity index is 1350. The minimum absolute atomic E-state index is 0.186. The number of anilines is 1. The highest BCUT2D eigenvalue weighted by atomic mass is 32.2. The second kappa shape index (κ2) is 9.18. The van der Waals surface area contributed by atoms with E-state index < -0.39 is 15.8 Å². The van der Waals surface area contributed by atoms with Crippen molar-refractivity contribution in [3.8, 4) is 11.5 Å². The maximum absolute atomic E-state index is 11.8. The Hall–Kier alpha value is -3.85. The molecule has 0 aliphatic carbocycles. The second-order valence-corrected chi connectivity index (χ2v) is 9.89. The molecule has 1 aliphatic rings. The van der Waals surface area contributed by atoms with Crippen molar-refractivity contribution in [3.63, 3.8) is 0 Å². The summed E-state index contributed by atoms with van der Waals surface area (Å²) in [6.07, 6.45) is 1.72. The Morgan fingerprint density at radius 1 is 0.971 bits per heavy atom. The molecule has 3 aromatic carbocycles. The molecule has 176 valence electrons. The van der Waals surface area contributed by atoms with Crippen LogP contribution in [0.4, 0.5) is 5.69 Å². The lowest BCUT2D eigenvalue weighted by molar-refractivity contribution is 0.0697. The van der Waals surface area contributed by atoms with Crippen molar-refractivity contribution >= 4 is 27.2 Å². The molecule has 0 saturated heterocycles. The fourth-order valence-corrected chi connectivity index (χ4v) is 4.52. The normalized spacial score (nSPS) is 15.7. The summed E-state index contributed by atoms with van der Waals surface area (Å²) in [5.74, 6) is 0.200. The SMILES string of the molecule is COc1ccc(C2CC(c3ccc(S(C)(=O)=O)cc3)=NN2c2ccc(C(=O)O)cc2)cc1OC. The van der Waals surface area contributed by atoms with Crippen molar-refractivity contribution in [2.75, 3.05) is 25.5 Å². The molecule has 3 aromatic rings. The predicted molar refractivity (Wildman–Crippen MR) is 129 cm³/mol. The molecule has 1 heterocycles. The zero-order chi connectivity index (χ0) is 24.5. The van der Waals surface area contributed by atoms with Gasteiger partial charge in [0.15, 0.2) is 21.3 Å². The minimum Gasteiger partial charge on any atom is -0.493 e. The van der Waals surface area contributed by atoms with Crippen LogP contribution in [0.5, 0.6) is 11.5 Å². The van der Waals surface area contributed by atoms with Gasteiger partial charge in [0, 0.05) is 12.7 Å². The molecule has 0 saturated carbocycles. The van der Waals surface area contributed by atoms with E-state index in [9.17, 15) is 18.3 Å². The number of ether oxygens (including phenoxy) is 2. The zero-order valence-electron chi connectivity index (χ0n) is 18.9. The summed E-state index contributed by atoms with van der Waals surface area (Å²) in [4.78, 5) is 11.5. The molecule has 1 unspecified atom stereocenters. The Balaban J connectivity index is 1.75. The number of carboxylic acid groups (broad SMARTS) is 1. The average Bonchev–Trinajstić information content (AvgIpc) is 3.28. The van der Waals surface area contributed by atoms with Gasteiger partial charge in [0.25, 0.3) is 0 Å². The van der Waals surface area contributed by atoms with Crippen molar-refractivity contribution < 1.29 is 27.8 Å². The first kappa shape index (κ1) is 23.3. The predicted octanol–water partition coefficient (Wildman–Crippen LogP) is 4.16. The number of rotatable bonds is 7. The van der Waals surface area contributed by atoms with E-state index in [2.05, 4.69) is 0 Å². The van der Waals surface area contributed by atoms with Gasteiger partial charge in [-0.1, -0.05) is 18.2 Å². The number of sulfone groups is 1. The number of methoxy groups -OCH3 is 2. The third-order valence-corrected chi connectivity index (χ3v) is 6.83. The van der Waals surface area contributed by atoms with E-state index in [0.29, 0.717) is 17.9 Å². The molecule has 0 fully saturated rings. The highest BCUT2D eigenvalue weighted by Gasteiger charge is 2.31. The largest absolute Gasteiger partial charge is 0.493 e. The van der Waals surface area contributed by atoms with Crippen LogP contribution < -0.4 is 14.5 Å². The van der Waals surface area contributed by atoms with E-state index >= 15 is 0 Å². The van der Waals surface area contributed by atoms with Gasteiger partial charge in [0.1, 0.15) is 0 Å². The number of benzene rings is 3. The monoisotopic (exact) mass is 480 g/mol. The molecule has 1 N–H and O–H groups in total. The minimum atomic E-state index is -3.30. The lowest BCUT2D eigenvalue weighted by Crippen LogP contribution is -2.18. The van der Waals surface area contributed by atoms with Gasteiger partial charge < -0.3 is 14.6 Å². The number of carbonyl (C=O) groups is 1. The van der Waals surface area contributed by atoms with E-state index in [0.717, 1.165) is 22.5 Å². The van der Waals surface area contributed by atoms with Crippen LogP contribution in [0.1, 0.15) is 33.9 Å². The highest BCUT2D eigenvalue weighted by Crippen LogP contribution is 2.39. The summed E-state index contributed by atoms with van der Waals surface area (Å²) in [5, 5.41) is 15.9. The van der Waals surface area contributed by atoms with Crippen LogP contribution in [0, 0.1) is 0 Å². The molecule has 8 nitrogen and oxygen atoms in total. The van der Waals surface area contributed by atoms with Crippen LogP contribution in [-0.4, -0.2) is 45.7 Å². The molecule has 9 heteroatoms. The van der Waals surface area contributed by atoms with Gasteiger partial charge in [-0.2, -0.15) is 5.10 Å². The molecular weight excluding hydrogens is 456 g/mol. The number of hydrogen-bond donors (Lipinski definition) is 1. The van der Waals surface area contributed by atoms with Gasteiger partial charge >= 0.3 is 5.97 Å². The number of carboxylic acids is 1. The molecule has 0 radical (unpaired) electrons. The molecule has 0 aromatic heterocycles. The van der Waals surface area contributed by atoms with Crippen LogP contribution in [0.15, 0.2) is 76.7 Å². The Morgan fingerprint density at radius 2 is 1.62 bits per heavy atom. The van der Waals surface area contributed by atoms with Crippen LogP contribution in [0.2, 0.25) is 0 Å². The molecule has 4 rings (SSSR count). The van der Waals surface area contributed by atoms with Crippen molar-refractivity contribution in [2.45, 2.75) is 17.4 Å². The maximum Gasteiger partial charge on any atom is 0.335 e. The molecule has 1 aliphatic heterocycles. The molecular formula is C25H24N2O6S. The first-order chi connectivity index (χ1) is 16.2. The van der Waals surface area contributed by atoms with Crippen molar-refractivity contribution in [1.29, 1.82) is 0 Å². The second-order valence-electron chi connectivity index (χ2n) is 7.87. The maximum atomic E-state index is 11.8. The van der Waals surface area contributed by atoms with E-state index in [-0.39, 0.29) is 16.5 Å². The standard InChI is InChI=1S/C25H24N2O6S/c1-32-23-13-8-18(14-24(23)33-2)22-15-21(16-6-11-20(12-7-16)34(3,30)31)26-27(22)19-9-4-17(5-10-19)25(28)29/h4-14,22H,15H2,1-3H3,(H,28,29). The lowest BCUT2D eigenvalue weighted by Gasteiger charge is -2.24. The van der Waals surface area contributed by atoms with Gasteiger partial charge in [-0.25, -0.2) is 13.2 Å². The molecule has 1 atom stereocenters. The summed E-state index contributed by atoms with van der Waals surface area (Å²) in [6, 6.07) is 18.6. The highest BCUT2D eigenvalue weighted by molar-refractivity contribution is 7.90. The van der Waals surface area contributed by atoms with Crippen LogP contribution >= 0.6 is 0 Å². The number of hydrogen-bond acceptors (Lipinski definition) is 7.